The van der Waals surface area contributed by atoms with Crippen molar-refractivity contribution >= 4 is 11.3 Å². The summed E-state index contributed by atoms with van der Waals surface area (Å²) >= 11 is 1.95. The lowest BCUT2D eigenvalue weighted by Gasteiger charge is -2.39. The van der Waals surface area contributed by atoms with E-state index < -0.39 is 0 Å². The molecule has 20 heavy (non-hydrogen) atoms. The normalized spacial score (nSPS) is 32.8. The third-order valence-electron chi connectivity index (χ3n) is 5.31. The maximum Gasteiger partial charge on any atom is 0.0204 e. The minimum Gasteiger partial charge on any atom is -0.310 e. The van der Waals surface area contributed by atoms with Crippen LogP contribution in [0.15, 0.2) is 17.5 Å². The lowest BCUT2D eigenvalue weighted by atomic mass is 9.92. The van der Waals surface area contributed by atoms with Crippen molar-refractivity contribution in [3.63, 3.8) is 0 Å². The molecule has 4 rings (SSSR count). The first-order chi connectivity index (χ1) is 9.88. The van der Waals surface area contributed by atoms with Crippen LogP contribution < -0.4 is 5.32 Å². The van der Waals surface area contributed by atoms with E-state index in [1.807, 2.05) is 11.3 Å². The van der Waals surface area contributed by atoms with Crippen LogP contribution in [0.2, 0.25) is 0 Å². The number of hydrogen-bond acceptors (Lipinski definition) is 3. The summed E-state index contributed by atoms with van der Waals surface area (Å²) in [4.78, 5) is 4.38. The fraction of sp³-hybridized carbons (Fsp3) is 0.765. The largest absolute Gasteiger partial charge is 0.310 e. The first-order valence-corrected chi connectivity index (χ1v) is 9.30. The lowest BCUT2D eigenvalue weighted by Crippen LogP contribution is -2.51. The van der Waals surface area contributed by atoms with Gasteiger partial charge < -0.3 is 5.32 Å². The molecule has 110 valence electrons. The second-order valence-electron chi connectivity index (χ2n) is 6.98. The summed E-state index contributed by atoms with van der Waals surface area (Å²) in [5, 5.41) is 6.23. The van der Waals surface area contributed by atoms with Crippen LogP contribution in [0.25, 0.3) is 0 Å². The highest BCUT2D eigenvalue weighted by molar-refractivity contribution is 7.10. The molecule has 1 aromatic rings. The van der Waals surface area contributed by atoms with Crippen LogP contribution in [0.4, 0.5) is 0 Å². The van der Waals surface area contributed by atoms with Gasteiger partial charge in [0.05, 0.1) is 0 Å². The Morgan fingerprint density at radius 1 is 1.05 bits per heavy atom. The van der Waals surface area contributed by atoms with E-state index in [2.05, 4.69) is 27.7 Å². The first kappa shape index (κ1) is 13.3. The van der Waals surface area contributed by atoms with Gasteiger partial charge in [0.15, 0.2) is 0 Å². The Bertz CT molecular complexity index is 418. The quantitative estimate of drug-likeness (QED) is 0.911. The van der Waals surface area contributed by atoms with Gasteiger partial charge in [-0.2, -0.15) is 0 Å². The predicted molar refractivity (Wildman–Crippen MR) is 85.5 cm³/mol. The third kappa shape index (κ3) is 2.95. The standard InChI is InChI=1S/C17H26N2S/c1-2-5-14(4-1)18-15-10-13(17-6-3-9-20-17)11-19(12-15)16-7-8-16/h3,6,9,13-16,18H,1-2,4-5,7-8,10-12H2. The number of hydrogen-bond donors (Lipinski definition) is 1. The molecule has 0 amide bonds. The van der Waals surface area contributed by atoms with Gasteiger partial charge in [0.25, 0.3) is 0 Å². The summed E-state index contributed by atoms with van der Waals surface area (Å²) in [6, 6.07) is 7.00. The monoisotopic (exact) mass is 290 g/mol. The minimum absolute atomic E-state index is 0.722. The molecular formula is C17H26N2S. The maximum absolute atomic E-state index is 3.99. The van der Waals surface area contributed by atoms with Crippen LogP contribution in [0.5, 0.6) is 0 Å². The number of likely N-dealkylation sites (tertiary alicyclic amines) is 1. The van der Waals surface area contributed by atoms with Gasteiger partial charge in [0.1, 0.15) is 0 Å². The Balaban J connectivity index is 1.44. The number of rotatable bonds is 4. The molecule has 2 aliphatic carbocycles. The van der Waals surface area contributed by atoms with Gasteiger partial charge in [-0.15, -0.1) is 11.3 Å². The fourth-order valence-electron chi connectivity index (χ4n) is 4.15. The molecular weight excluding hydrogens is 264 g/mol. The smallest absolute Gasteiger partial charge is 0.0204 e. The summed E-state index contributed by atoms with van der Waals surface area (Å²) in [5.41, 5.74) is 0. The maximum atomic E-state index is 3.99. The molecule has 2 heterocycles. The topological polar surface area (TPSA) is 15.3 Å². The van der Waals surface area contributed by atoms with E-state index >= 15 is 0 Å². The second kappa shape index (κ2) is 5.78. The predicted octanol–water partition coefficient (Wildman–Crippen LogP) is 3.60. The summed E-state index contributed by atoms with van der Waals surface area (Å²) < 4.78 is 0. The minimum atomic E-state index is 0.722. The van der Waals surface area contributed by atoms with E-state index in [0.29, 0.717) is 0 Å². The number of piperidine rings is 1. The van der Waals surface area contributed by atoms with Gasteiger partial charge in [-0.3, -0.25) is 4.90 Å². The van der Waals surface area contributed by atoms with E-state index in [-0.39, 0.29) is 0 Å². The van der Waals surface area contributed by atoms with Crippen molar-refractivity contribution in [3.05, 3.63) is 22.4 Å². The molecule has 3 heteroatoms. The molecule has 0 bridgehead atoms. The Hall–Kier alpha value is -0.380. The summed E-state index contributed by atoms with van der Waals surface area (Å²) in [6.45, 7) is 2.59. The Morgan fingerprint density at radius 3 is 2.60 bits per heavy atom. The highest BCUT2D eigenvalue weighted by atomic mass is 32.1. The molecule has 0 spiro atoms. The number of nitrogens with zero attached hydrogens (tertiary/aromatic N) is 1. The van der Waals surface area contributed by atoms with Crippen molar-refractivity contribution in [1.82, 2.24) is 10.2 Å². The molecule has 3 fully saturated rings. The molecule has 1 saturated heterocycles. The van der Waals surface area contributed by atoms with Crippen molar-refractivity contribution in [2.75, 3.05) is 13.1 Å². The molecule has 2 unspecified atom stereocenters. The molecule has 3 aliphatic rings. The van der Waals surface area contributed by atoms with E-state index in [0.717, 1.165) is 24.0 Å². The number of thiophene rings is 1. The van der Waals surface area contributed by atoms with Crippen molar-refractivity contribution in [2.45, 2.75) is 69.0 Å². The molecule has 1 N–H and O–H groups in total. The van der Waals surface area contributed by atoms with E-state index in [4.69, 9.17) is 0 Å². The molecule has 0 aromatic carbocycles. The first-order valence-electron chi connectivity index (χ1n) is 8.42. The average molecular weight is 290 g/mol. The van der Waals surface area contributed by atoms with Gasteiger partial charge in [-0.25, -0.2) is 0 Å². The van der Waals surface area contributed by atoms with Gasteiger partial charge >= 0.3 is 0 Å². The van der Waals surface area contributed by atoms with Gasteiger partial charge in [-0.05, 0) is 43.6 Å². The Morgan fingerprint density at radius 2 is 1.90 bits per heavy atom. The molecule has 1 aliphatic heterocycles. The van der Waals surface area contributed by atoms with E-state index in [1.165, 1.54) is 58.0 Å². The SMILES string of the molecule is c1csc(C2CC(NC3CCCC3)CN(C3CC3)C2)c1. The summed E-state index contributed by atoms with van der Waals surface area (Å²) in [6.07, 6.45) is 9.91. The van der Waals surface area contributed by atoms with Crippen LogP contribution in [0.3, 0.4) is 0 Å². The molecule has 2 atom stereocenters. The lowest BCUT2D eigenvalue weighted by molar-refractivity contribution is 0.158. The molecule has 2 saturated carbocycles. The highest BCUT2D eigenvalue weighted by Gasteiger charge is 2.37. The zero-order valence-corrected chi connectivity index (χ0v) is 13.1. The average Bonchev–Trinajstić information content (AvgIpc) is 2.95. The van der Waals surface area contributed by atoms with Crippen LogP contribution in [0, 0.1) is 0 Å². The second-order valence-corrected chi connectivity index (χ2v) is 7.96. The highest BCUT2D eigenvalue weighted by Crippen LogP contribution is 2.36. The van der Waals surface area contributed by atoms with Crippen molar-refractivity contribution < 1.29 is 0 Å². The van der Waals surface area contributed by atoms with E-state index in [1.54, 1.807) is 4.88 Å². The van der Waals surface area contributed by atoms with Gasteiger partial charge in [0.2, 0.25) is 0 Å². The molecule has 0 radical (unpaired) electrons. The van der Waals surface area contributed by atoms with Gasteiger partial charge in [0, 0.05) is 42.0 Å². The van der Waals surface area contributed by atoms with E-state index in [9.17, 15) is 0 Å². The third-order valence-corrected chi connectivity index (χ3v) is 6.35. The molecule has 2 nitrogen and oxygen atoms in total. The number of nitrogens with one attached hydrogen (secondary N) is 1. The van der Waals surface area contributed by atoms with Crippen LogP contribution in [-0.4, -0.2) is 36.1 Å². The van der Waals surface area contributed by atoms with Crippen LogP contribution in [-0.2, 0) is 0 Å². The van der Waals surface area contributed by atoms with Crippen LogP contribution >= 0.6 is 11.3 Å². The van der Waals surface area contributed by atoms with Gasteiger partial charge in [-0.1, -0.05) is 18.9 Å². The van der Waals surface area contributed by atoms with Crippen molar-refractivity contribution in [3.8, 4) is 0 Å². The zero-order chi connectivity index (χ0) is 13.4. The Labute approximate surface area is 126 Å². The fourth-order valence-corrected chi connectivity index (χ4v) is 4.98. The zero-order valence-electron chi connectivity index (χ0n) is 12.3. The summed E-state index contributed by atoms with van der Waals surface area (Å²) in [5.74, 6) is 0.767. The van der Waals surface area contributed by atoms with Crippen molar-refractivity contribution in [1.29, 1.82) is 0 Å². The van der Waals surface area contributed by atoms with Crippen molar-refractivity contribution in [2.24, 2.45) is 0 Å². The molecule has 1 aromatic heterocycles. The van der Waals surface area contributed by atoms with Crippen LogP contribution in [0.1, 0.15) is 55.7 Å². The Kier molecular flexibility index (Phi) is 3.84. The summed E-state index contributed by atoms with van der Waals surface area (Å²) in [7, 11) is 0.